The van der Waals surface area contributed by atoms with Crippen LogP contribution in [0.2, 0.25) is 0 Å². The smallest absolute Gasteiger partial charge is 0.172 e. The lowest BCUT2D eigenvalue weighted by molar-refractivity contribution is -0.312. The molecule has 2 aliphatic heterocycles. The van der Waals surface area contributed by atoms with Crippen LogP contribution in [0.4, 0.5) is 0 Å². The summed E-state index contributed by atoms with van der Waals surface area (Å²) in [6, 6.07) is 3.81. The Labute approximate surface area is 220 Å². The first-order valence-electron chi connectivity index (χ1n) is 13.5. The van der Waals surface area contributed by atoms with Crippen LogP contribution >= 0.6 is 0 Å². The van der Waals surface area contributed by atoms with E-state index >= 15 is 0 Å². The molecule has 7 nitrogen and oxygen atoms in total. The van der Waals surface area contributed by atoms with Gasteiger partial charge in [-0.25, -0.2) is 8.42 Å². The minimum Gasteiger partial charge on any atom is -0.504 e. The van der Waals surface area contributed by atoms with Gasteiger partial charge in [-0.2, -0.15) is 0 Å². The average Bonchev–Trinajstić information content (AvgIpc) is 3.18. The molecule has 3 saturated carbocycles. The fourth-order valence-electron chi connectivity index (χ4n) is 9.26. The number of aliphatic hydroxyl groups is 1. The van der Waals surface area contributed by atoms with Crippen molar-refractivity contribution in [3.63, 3.8) is 0 Å². The van der Waals surface area contributed by atoms with Gasteiger partial charge in [0.25, 0.3) is 0 Å². The summed E-state index contributed by atoms with van der Waals surface area (Å²) in [4.78, 5) is 2.57. The van der Waals surface area contributed by atoms with Crippen molar-refractivity contribution < 1.29 is 28.1 Å². The first-order valence-corrected chi connectivity index (χ1v) is 15.4. The lowest BCUT2D eigenvalue weighted by atomic mass is 9.33. The Morgan fingerprint density at radius 2 is 1.95 bits per heavy atom. The molecule has 8 heteroatoms. The van der Waals surface area contributed by atoms with Gasteiger partial charge in [0.05, 0.1) is 10.5 Å². The zero-order chi connectivity index (χ0) is 27.0. The van der Waals surface area contributed by atoms with E-state index in [0.717, 1.165) is 44.2 Å². The zero-order valence-corrected chi connectivity index (χ0v) is 23.7. The van der Waals surface area contributed by atoms with E-state index in [2.05, 4.69) is 32.3 Å². The number of methoxy groups -OCH3 is 1. The number of aromatic hydroxyl groups is 1. The lowest BCUT2D eigenvalue weighted by Crippen LogP contribution is -2.83. The van der Waals surface area contributed by atoms with Crippen LogP contribution in [0.5, 0.6) is 11.5 Å². The third kappa shape index (κ3) is 2.86. The number of sulfone groups is 1. The summed E-state index contributed by atoms with van der Waals surface area (Å²) in [5, 5.41) is 23.2. The molecule has 4 aliphatic carbocycles. The van der Waals surface area contributed by atoms with Crippen LogP contribution in [0.3, 0.4) is 0 Å². The third-order valence-corrected chi connectivity index (χ3v) is 12.7. The molecule has 7 atom stereocenters. The molecule has 204 valence electrons. The lowest BCUT2D eigenvalue weighted by Gasteiger charge is -2.75. The van der Waals surface area contributed by atoms with Gasteiger partial charge in [0.1, 0.15) is 11.7 Å². The highest BCUT2D eigenvalue weighted by Gasteiger charge is 2.82. The molecule has 4 bridgehead atoms. The Bertz CT molecular complexity index is 1300. The highest BCUT2D eigenvalue weighted by molar-refractivity contribution is 7.94. The number of rotatable bonds is 5. The molecular weight excluding hydrogens is 490 g/mol. The standard InChI is InChI=1S/C29H41NO6S/c1-17(37(7,33)34)16-30-13-12-28-22-18-8-9-19(31)23(22)36-24(28)29(35-6)11-10-27(28,21(30)14-18)15-20(29)26(5,32)25(2,3)4/h8-9,20-21,24,31-32H,1,10-16H2,2-7H3/t20-,21-,24-,26+,27-,28+,29-/m1/s1. The molecule has 2 N–H and O–H groups in total. The second-order valence-electron chi connectivity index (χ2n) is 13.6. The number of benzene rings is 1. The minimum atomic E-state index is -3.36. The normalized spacial score (nSPS) is 39.6. The summed E-state index contributed by atoms with van der Waals surface area (Å²) < 4.78 is 38.1. The number of piperidine rings is 1. The van der Waals surface area contributed by atoms with Crippen molar-refractivity contribution in [1.82, 2.24) is 4.90 Å². The van der Waals surface area contributed by atoms with Crippen molar-refractivity contribution in [2.45, 2.75) is 88.6 Å². The van der Waals surface area contributed by atoms with Gasteiger partial charge >= 0.3 is 0 Å². The predicted octanol–water partition coefficient (Wildman–Crippen LogP) is 3.56. The predicted molar refractivity (Wildman–Crippen MR) is 141 cm³/mol. The van der Waals surface area contributed by atoms with Crippen molar-refractivity contribution in [2.75, 3.05) is 26.5 Å². The van der Waals surface area contributed by atoms with Crippen molar-refractivity contribution in [3.05, 3.63) is 34.7 Å². The van der Waals surface area contributed by atoms with E-state index in [0.29, 0.717) is 12.3 Å². The molecule has 37 heavy (non-hydrogen) atoms. The maximum atomic E-state index is 12.4. The van der Waals surface area contributed by atoms with Crippen LogP contribution < -0.4 is 4.74 Å². The van der Waals surface area contributed by atoms with Crippen LogP contribution in [0.15, 0.2) is 23.6 Å². The zero-order valence-electron chi connectivity index (χ0n) is 22.9. The number of likely N-dealkylation sites (tertiary alicyclic amines) is 1. The second kappa shape index (κ2) is 7.32. The van der Waals surface area contributed by atoms with Gasteiger partial charge in [0.15, 0.2) is 21.3 Å². The van der Waals surface area contributed by atoms with Gasteiger partial charge in [-0.15, -0.1) is 0 Å². The number of hydrogen-bond donors (Lipinski definition) is 2. The van der Waals surface area contributed by atoms with E-state index in [1.807, 2.05) is 13.0 Å². The van der Waals surface area contributed by atoms with Crippen molar-refractivity contribution in [1.29, 1.82) is 0 Å². The average molecular weight is 532 g/mol. The van der Waals surface area contributed by atoms with E-state index in [9.17, 15) is 18.6 Å². The van der Waals surface area contributed by atoms with Gasteiger partial charge in [-0.1, -0.05) is 33.4 Å². The number of hydrogen-bond acceptors (Lipinski definition) is 7. The number of fused-ring (bicyclic) bond motifs is 2. The maximum Gasteiger partial charge on any atom is 0.172 e. The molecule has 0 aromatic heterocycles. The highest BCUT2D eigenvalue weighted by Crippen LogP contribution is 2.78. The summed E-state index contributed by atoms with van der Waals surface area (Å²) in [7, 11) is -1.62. The number of phenolic OH excluding ortho intramolecular Hbond substituents is 1. The summed E-state index contributed by atoms with van der Waals surface area (Å²) in [6.07, 6.45) is 4.83. The van der Waals surface area contributed by atoms with Crippen molar-refractivity contribution in [3.8, 4) is 11.5 Å². The Hall–Kier alpha value is -1.61. The SMILES string of the molecule is C=C(CN1CC[C@]23c4c5ccc(O)c4O[C@H]2[C@@]2(OC)CC[C@@]3(C[C@@H]2[C@](C)(O)C(C)(C)C)[C@H]1C5)S(C)(=O)=O. The molecule has 0 amide bonds. The Kier molecular flexibility index (Phi) is 5.07. The summed E-state index contributed by atoms with van der Waals surface area (Å²) >= 11 is 0. The summed E-state index contributed by atoms with van der Waals surface area (Å²) in [5.74, 6) is 0.544. The largest absolute Gasteiger partial charge is 0.504 e. The fraction of sp³-hybridized carbons (Fsp3) is 0.724. The molecular formula is C29H41NO6S. The van der Waals surface area contributed by atoms with Gasteiger partial charge in [-0.05, 0) is 62.6 Å². The molecule has 1 saturated heterocycles. The molecule has 7 rings (SSSR count). The van der Waals surface area contributed by atoms with E-state index in [4.69, 9.17) is 9.47 Å². The first kappa shape index (κ1) is 25.7. The van der Waals surface area contributed by atoms with Crippen molar-refractivity contribution >= 4 is 9.84 Å². The molecule has 6 aliphatic rings. The summed E-state index contributed by atoms with van der Waals surface area (Å²) in [6.45, 7) is 13.1. The Morgan fingerprint density at radius 1 is 1.24 bits per heavy atom. The first-order chi connectivity index (χ1) is 17.1. The van der Waals surface area contributed by atoms with Crippen LogP contribution in [0.25, 0.3) is 0 Å². The van der Waals surface area contributed by atoms with Gasteiger partial charge in [0, 0.05) is 48.3 Å². The topological polar surface area (TPSA) is 96.3 Å². The molecule has 4 fully saturated rings. The molecule has 2 spiro atoms. The maximum absolute atomic E-state index is 12.4. The van der Waals surface area contributed by atoms with Crippen LogP contribution in [-0.2, 0) is 26.4 Å². The highest BCUT2D eigenvalue weighted by atomic mass is 32.2. The Balaban J connectivity index is 1.59. The third-order valence-electron chi connectivity index (χ3n) is 11.6. The Morgan fingerprint density at radius 3 is 2.57 bits per heavy atom. The molecule has 1 aromatic carbocycles. The molecule has 0 unspecified atom stereocenters. The number of phenols is 1. The fourth-order valence-corrected chi connectivity index (χ4v) is 9.66. The van der Waals surface area contributed by atoms with Gasteiger partial charge in [0.2, 0.25) is 0 Å². The second-order valence-corrected chi connectivity index (χ2v) is 15.8. The van der Waals surface area contributed by atoms with E-state index in [-0.39, 0.29) is 39.5 Å². The molecule has 2 heterocycles. The summed E-state index contributed by atoms with van der Waals surface area (Å²) in [5.41, 5.74) is -0.475. The minimum absolute atomic E-state index is 0.0715. The molecule has 1 aromatic rings. The quantitative estimate of drug-likeness (QED) is 0.600. The van der Waals surface area contributed by atoms with Gasteiger partial charge < -0.3 is 19.7 Å². The van der Waals surface area contributed by atoms with E-state index in [1.165, 1.54) is 11.8 Å². The molecule has 0 radical (unpaired) electrons. The number of nitrogens with zero attached hydrogens (tertiary/aromatic N) is 1. The van der Waals surface area contributed by atoms with Crippen molar-refractivity contribution in [2.24, 2.45) is 16.7 Å². The monoisotopic (exact) mass is 531 g/mol. The van der Waals surface area contributed by atoms with E-state index < -0.39 is 26.5 Å². The number of ether oxygens (including phenoxy) is 2. The van der Waals surface area contributed by atoms with Crippen LogP contribution in [-0.4, -0.2) is 73.3 Å². The van der Waals surface area contributed by atoms with Gasteiger partial charge in [-0.3, -0.25) is 4.90 Å². The van der Waals surface area contributed by atoms with Crippen LogP contribution in [0, 0.1) is 16.7 Å². The van der Waals surface area contributed by atoms with Crippen LogP contribution in [0.1, 0.15) is 64.5 Å². The van der Waals surface area contributed by atoms with E-state index in [1.54, 1.807) is 13.2 Å².